The van der Waals surface area contributed by atoms with Gasteiger partial charge in [0.25, 0.3) is 0 Å². The Morgan fingerprint density at radius 3 is 2.33 bits per heavy atom. The van der Waals surface area contributed by atoms with Gasteiger partial charge in [-0.1, -0.05) is 19.8 Å². The molecule has 0 aromatic rings. The van der Waals surface area contributed by atoms with Gasteiger partial charge < -0.3 is 10.2 Å². The van der Waals surface area contributed by atoms with Crippen molar-refractivity contribution in [2.24, 2.45) is 0 Å². The van der Waals surface area contributed by atoms with Crippen molar-refractivity contribution >= 4 is 11.8 Å². The molecule has 4 nitrogen and oxygen atoms in total. The van der Waals surface area contributed by atoms with Crippen LogP contribution in [0.2, 0.25) is 0 Å². The highest BCUT2D eigenvalue weighted by molar-refractivity contribution is 5.99. The number of carbonyl (C=O) groups is 2. The Hall–Kier alpha value is -1.06. The fourth-order valence-electron chi connectivity index (χ4n) is 3.32. The Bertz CT molecular complexity index is 374. The molecule has 18 heavy (non-hydrogen) atoms. The number of hydrogen-bond donors (Lipinski definition) is 1. The van der Waals surface area contributed by atoms with Crippen LogP contribution in [0.1, 0.15) is 59.8 Å². The third-order valence-corrected chi connectivity index (χ3v) is 4.83. The second-order valence-electron chi connectivity index (χ2n) is 6.23. The first kappa shape index (κ1) is 13.4. The number of nitrogens with one attached hydrogen (secondary N) is 1. The summed E-state index contributed by atoms with van der Waals surface area (Å²) in [4.78, 5) is 26.7. The Labute approximate surface area is 109 Å². The second-order valence-corrected chi connectivity index (χ2v) is 6.23. The van der Waals surface area contributed by atoms with E-state index in [2.05, 4.69) is 12.2 Å². The van der Waals surface area contributed by atoms with Gasteiger partial charge in [-0.25, -0.2) is 0 Å². The molecule has 0 aromatic heterocycles. The lowest BCUT2D eigenvalue weighted by atomic mass is 9.86. The molecule has 2 aliphatic rings. The van der Waals surface area contributed by atoms with Crippen molar-refractivity contribution in [1.29, 1.82) is 0 Å². The summed E-state index contributed by atoms with van der Waals surface area (Å²) < 4.78 is 0. The Morgan fingerprint density at radius 1 is 1.28 bits per heavy atom. The third kappa shape index (κ3) is 1.82. The lowest BCUT2D eigenvalue weighted by Gasteiger charge is -2.50. The molecule has 2 fully saturated rings. The van der Waals surface area contributed by atoms with E-state index in [0.717, 1.165) is 25.7 Å². The quantitative estimate of drug-likeness (QED) is 0.815. The van der Waals surface area contributed by atoms with E-state index in [4.69, 9.17) is 0 Å². The van der Waals surface area contributed by atoms with Crippen LogP contribution < -0.4 is 5.32 Å². The summed E-state index contributed by atoms with van der Waals surface area (Å²) in [5.41, 5.74) is -0.861. The van der Waals surface area contributed by atoms with Gasteiger partial charge >= 0.3 is 0 Å². The summed E-state index contributed by atoms with van der Waals surface area (Å²) in [6.07, 6.45) is 4.96. The molecule has 4 heteroatoms. The lowest BCUT2D eigenvalue weighted by Crippen LogP contribution is -2.72. The van der Waals surface area contributed by atoms with E-state index in [1.54, 1.807) is 0 Å². The van der Waals surface area contributed by atoms with E-state index in [1.165, 1.54) is 0 Å². The van der Waals surface area contributed by atoms with Crippen molar-refractivity contribution in [1.82, 2.24) is 10.2 Å². The SMILES string of the molecule is CCC1(C)NC(=O)C(C)N(C2(C)CCCC2)C1=O. The molecule has 1 N–H and O–H groups in total. The predicted octanol–water partition coefficient (Wildman–Crippen LogP) is 1.83. The van der Waals surface area contributed by atoms with Crippen molar-refractivity contribution in [2.75, 3.05) is 0 Å². The molecule has 1 saturated heterocycles. The topological polar surface area (TPSA) is 49.4 Å². The minimum atomic E-state index is -0.727. The molecule has 2 unspecified atom stereocenters. The van der Waals surface area contributed by atoms with Gasteiger partial charge in [-0.3, -0.25) is 9.59 Å². The van der Waals surface area contributed by atoms with Crippen molar-refractivity contribution in [3.8, 4) is 0 Å². The molecular weight excluding hydrogens is 228 g/mol. The zero-order chi connectivity index (χ0) is 13.6. The molecule has 0 spiro atoms. The van der Waals surface area contributed by atoms with E-state index in [9.17, 15) is 9.59 Å². The highest BCUT2D eigenvalue weighted by Gasteiger charge is 2.52. The summed E-state index contributed by atoms with van der Waals surface area (Å²) in [6, 6.07) is -0.347. The summed E-state index contributed by atoms with van der Waals surface area (Å²) >= 11 is 0. The van der Waals surface area contributed by atoms with Gasteiger partial charge in [-0.2, -0.15) is 0 Å². The van der Waals surface area contributed by atoms with Crippen molar-refractivity contribution in [3.05, 3.63) is 0 Å². The summed E-state index contributed by atoms with van der Waals surface area (Å²) in [6.45, 7) is 7.75. The van der Waals surface area contributed by atoms with Crippen LogP contribution in [0.25, 0.3) is 0 Å². The van der Waals surface area contributed by atoms with E-state index < -0.39 is 5.54 Å². The molecule has 0 bridgehead atoms. The van der Waals surface area contributed by atoms with Crippen LogP contribution in [0.5, 0.6) is 0 Å². The van der Waals surface area contributed by atoms with Crippen LogP contribution in [-0.2, 0) is 9.59 Å². The van der Waals surface area contributed by atoms with Crippen LogP contribution >= 0.6 is 0 Å². The van der Waals surface area contributed by atoms with Crippen LogP contribution in [0.3, 0.4) is 0 Å². The highest BCUT2D eigenvalue weighted by Crippen LogP contribution is 2.39. The predicted molar refractivity (Wildman–Crippen MR) is 70.0 cm³/mol. The fourth-order valence-corrected chi connectivity index (χ4v) is 3.32. The monoisotopic (exact) mass is 252 g/mol. The Kier molecular flexibility index (Phi) is 3.16. The van der Waals surface area contributed by atoms with Crippen LogP contribution in [0, 0.1) is 0 Å². The molecule has 2 atom stereocenters. The number of amides is 2. The van der Waals surface area contributed by atoms with Gasteiger partial charge in [0.15, 0.2) is 0 Å². The maximum absolute atomic E-state index is 12.7. The molecule has 1 heterocycles. The molecule has 102 valence electrons. The van der Waals surface area contributed by atoms with Gasteiger partial charge in [0.1, 0.15) is 11.6 Å². The van der Waals surface area contributed by atoms with Gasteiger partial charge in [0, 0.05) is 5.54 Å². The van der Waals surface area contributed by atoms with E-state index in [-0.39, 0.29) is 23.4 Å². The zero-order valence-corrected chi connectivity index (χ0v) is 11.9. The highest BCUT2D eigenvalue weighted by atomic mass is 16.2. The first-order chi connectivity index (χ1) is 8.34. The lowest BCUT2D eigenvalue weighted by molar-refractivity contribution is -0.160. The van der Waals surface area contributed by atoms with E-state index in [0.29, 0.717) is 6.42 Å². The van der Waals surface area contributed by atoms with Crippen LogP contribution in [0.4, 0.5) is 0 Å². The largest absolute Gasteiger partial charge is 0.340 e. The smallest absolute Gasteiger partial charge is 0.249 e. The molecule has 0 radical (unpaired) electrons. The number of rotatable bonds is 2. The number of hydrogen-bond acceptors (Lipinski definition) is 2. The average molecular weight is 252 g/mol. The first-order valence-electron chi connectivity index (χ1n) is 7.00. The maximum Gasteiger partial charge on any atom is 0.249 e. The fraction of sp³-hybridized carbons (Fsp3) is 0.857. The molecule has 1 aliphatic carbocycles. The number of carbonyl (C=O) groups excluding carboxylic acids is 2. The molecule has 0 aromatic carbocycles. The maximum atomic E-state index is 12.7. The van der Waals surface area contributed by atoms with Gasteiger partial charge in [-0.05, 0) is 40.0 Å². The summed E-state index contributed by atoms with van der Waals surface area (Å²) in [5, 5.41) is 2.88. The average Bonchev–Trinajstić information content (AvgIpc) is 2.74. The zero-order valence-electron chi connectivity index (χ0n) is 11.9. The number of nitrogens with zero attached hydrogens (tertiary/aromatic N) is 1. The Morgan fingerprint density at radius 2 is 1.83 bits per heavy atom. The van der Waals surface area contributed by atoms with Gasteiger partial charge in [0.2, 0.25) is 11.8 Å². The summed E-state index contributed by atoms with van der Waals surface area (Å²) in [7, 11) is 0. The van der Waals surface area contributed by atoms with Crippen molar-refractivity contribution in [3.63, 3.8) is 0 Å². The molecule has 2 amide bonds. The molecule has 1 saturated carbocycles. The normalized spacial score (nSPS) is 35.8. The van der Waals surface area contributed by atoms with Crippen molar-refractivity contribution in [2.45, 2.75) is 76.9 Å². The minimum Gasteiger partial charge on any atom is -0.340 e. The second kappa shape index (κ2) is 4.25. The number of piperazine rings is 1. The standard InChI is InChI=1S/C14H24N2O2/c1-5-14(4)12(18)16(10(2)11(17)15-14)13(3)8-6-7-9-13/h10H,5-9H2,1-4H3,(H,15,17). The molecule has 2 rings (SSSR count). The molecule has 1 aliphatic heterocycles. The van der Waals surface area contributed by atoms with E-state index >= 15 is 0 Å². The third-order valence-electron chi connectivity index (χ3n) is 4.83. The van der Waals surface area contributed by atoms with E-state index in [1.807, 2.05) is 25.7 Å². The summed E-state index contributed by atoms with van der Waals surface area (Å²) in [5.74, 6) is 0.0635. The first-order valence-corrected chi connectivity index (χ1v) is 7.00. The molecular formula is C14H24N2O2. The Balaban J connectivity index is 2.36. The van der Waals surface area contributed by atoms with Crippen LogP contribution in [-0.4, -0.2) is 33.8 Å². The van der Waals surface area contributed by atoms with Gasteiger partial charge in [0.05, 0.1) is 0 Å². The minimum absolute atomic E-state index is 0.0212. The van der Waals surface area contributed by atoms with Crippen molar-refractivity contribution < 1.29 is 9.59 Å². The van der Waals surface area contributed by atoms with Crippen LogP contribution in [0.15, 0.2) is 0 Å². The van der Waals surface area contributed by atoms with Gasteiger partial charge in [-0.15, -0.1) is 0 Å².